The van der Waals surface area contributed by atoms with Crippen molar-refractivity contribution in [1.29, 1.82) is 0 Å². The van der Waals surface area contributed by atoms with E-state index in [0.29, 0.717) is 0 Å². The molecular weight excluding hydrogens is 303 g/mol. The van der Waals surface area contributed by atoms with Crippen molar-refractivity contribution in [3.05, 3.63) is 35.4 Å². The van der Waals surface area contributed by atoms with Gasteiger partial charge in [-0.3, -0.25) is 9.59 Å². The topological polar surface area (TPSA) is 86.6 Å². The zero-order valence-corrected chi connectivity index (χ0v) is 11.7. The average Bonchev–Trinajstić information content (AvgIpc) is 2.44. The van der Waals surface area contributed by atoms with E-state index in [1.54, 1.807) is 0 Å². The molecule has 1 aromatic rings. The van der Waals surface area contributed by atoms with Gasteiger partial charge in [-0.2, -0.15) is 13.2 Å². The molecule has 0 saturated heterocycles. The van der Waals surface area contributed by atoms with Crippen LogP contribution in [0.5, 0.6) is 0 Å². The molecule has 0 radical (unpaired) electrons. The zero-order chi connectivity index (χ0) is 16.9. The molecule has 5 nitrogen and oxygen atoms in total. The van der Waals surface area contributed by atoms with Gasteiger partial charge in [0.15, 0.2) is 0 Å². The number of benzene rings is 1. The van der Waals surface area contributed by atoms with Gasteiger partial charge >= 0.3 is 6.18 Å². The first-order chi connectivity index (χ1) is 10.1. The summed E-state index contributed by atoms with van der Waals surface area (Å²) >= 11 is 0. The van der Waals surface area contributed by atoms with E-state index >= 15 is 0 Å². The third kappa shape index (κ3) is 5.12. The fourth-order valence-corrected chi connectivity index (χ4v) is 1.80. The molecule has 3 N–H and O–H groups in total. The number of aliphatic hydroxyl groups excluding tert-OH is 2. The number of nitrogens with one attached hydrogen (secondary N) is 1. The Kier molecular flexibility index (Phi) is 6.07. The highest BCUT2D eigenvalue weighted by molar-refractivity contribution is 6.00. The molecule has 0 aliphatic carbocycles. The smallest absolute Gasteiger partial charge is 0.390 e. The molecule has 0 aliphatic rings. The summed E-state index contributed by atoms with van der Waals surface area (Å²) in [6.07, 6.45) is -7.75. The molecule has 2 atom stereocenters. The van der Waals surface area contributed by atoms with Crippen LogP contribution in [0.1, 0.15) is 35.4 Å². The zero-order valence-electron chi connectivity index (χ0n) is 11.7. The molecule has 0 spiro atoms. The van der Waals surface area contributed by atoms with Crippen LogP contribution in [-0.2, 0) is 4.79 Å². The van der Waals surface area contributed by atoms with Gasteiger partial charge in [0, 0.05) is 19.0 Å². The molecule has 1 amide bonds. The molecule has 8 heteroatoms. The number of carbonyl (C=O) groups excluding carboxylic acids is 2. The van der Waals surface area contributed by atoms with Gasteiger partial charge in [-0.1, -0.05) is 18.2 Å². The van der Waals surface area contributed by atoms with E-state index < -0.39 is 29.7 Å². The molecule has 2 unspecified atom stereocenters. The lowest BCUT2D eigenvalue weighted by Gasteiger charge is -2.19. The van der Waals surface area contributed by atoms with Crippen molar-refractivity contribution in [3.63, 3.8) is 0 Å². The maximum atomic E-state index is 12.4. The van der Waals surface area contributed by atoms with E-state index in [9.17, 15) is 33.0 Å². The normalized spacial score (nSPS) is 14.3. The standard InChI is InChI=1S/C14H16F3NO4/c1-8(19)18-6-5-11(20)12(21)9-3-2-4-10(7-9)13(22)14(15,16)17/h2-4,7,11-12,20-21H,5-6H2,1H3,(H,18,19). The number of Topliss-reactive ketones (excluding diaryl/α,β-unsaturated/α-hetero) is 1. The van der Waals surface area contributed by atoms with E-state index in [1.165, 1.54) is 19.1 Å². The summed E-state index contributed by atoms with van der Waals surface area (Å²) in [7, 11) is 0. The SMILES string of the molecule is CC(=O)NCCC(O)C(O)c1cccc(C(=O)C(F)(F)F)c1. The van der Waals surface area contributed by atoms with Crippen LogP contribution in [0.3, 0.4) is 0 Å². The molecule has 0 aliphatic heterocycles. The van der Waals surface area contributed by atoms with E-state index in [0.717, 1.165) is 12.1 Å². The second-order valence-corrected chi connectivity index (χ2v) is 4.74. The minimum Gasteiger partial charge on any atom is -0.390 e. The number of alkyl halides is 3. The van der Waals surface area contributed by atoms with E-state index in [-0.39, 0.29) is 24.4 Å². The number of halogens is 3. The third-order valence-corrected chi connectivity index (χ3v) is 2.93. The third-order valence-electron chi connectivity index (χ3n) is 2.93. The van der Waals surface area contributed by atoms with E-state index in [2.05, 4.69) is 5.32 Å². The second kappa shape index (κ2) is 7.37. The van der Waals surface area contributed by atoms with Crippen molar-refractivity contribution < 1.29 is 33.0 Å². The van der Waals surface area contributed by atoms with Crippen LogP contribution >= 0.6 is 0 Å². The monoisotopic (exact) mass is 319 g/mol. The van der Waals surface area contributed by atoms with Crippen molar-refractivity contribution in [1.82, 2.24) is 5.32 Å². The van der Waals surface area contributed by atoms with E-state index in [1.807, 2.05) is 0 Å². The number of aliphatic hydroxyl groups is 2. The van der Waals surface area contributed by atoms with Gasteiger partial charge in [0.2, 0.25) is 5.91 Å². The fourth-order valence-electron chi connectivity index (χ4n) is 1.80. The fraction of sp³-hybridized carbons (Fsp3) is 0.429. The summed E-state index contributed by atoms with van der Waals surface area (Å²) in [6, 6.07) is 4.37. The molecule has 22 heavy (non-hydrogen) atoms. The van der Waals surface area contributed by atoms with Crippen LogP contribution in [0, 0.1) is 0 Å². The Morgan fingerprint density at radius 2 is 1.91 bits per heavy atom. The van der Waals surface area contributed by atoms with Gasteiger partial charge in [0.1, 0.15) is 6.10 Å². The van der Waals surface area contributed by atoms with E-state index in [4.69, 9.17) is 0 Å². The lowest BCUT2D eigenvalue weighted by atomic mass is 9.98. The van der Waals surface area contributed by atoms with Gasteiger partial charge in [0.25, 0.3) is 5.78 Å². The Hall–Kier alpha value is -1.93. The van der Waals surface area contributed by atoms with Crippen LogP contribution in [0.25, 0.3) is 0 Å². The summed E-state index contributed by atoms with van der Waals surface area (Å²) in [6.45, 7) is 1.39. The quantitative estimate of drug-likeness (QED) is 0.691. The van der Waals surface area contributed by atoms with Crippen LogP contribution in [-0.4, -0.2) is 40.7 Å². The minimum absolute atomic E-state index is 0.00887. The molecule has 122 valence electrons. The number of amides is 1. The molecule has 1 aromatic carbocycles. The molecule has 0 aromatic heterocycles. The first-order valence-electron chi connectivity index (χ1n) is 6.45. The maximum Gasteiger partial charge on any atom is 0.454 e. The Balaban J connectivity index is 2.80. The highest BCUT2D eigenvalue weighted by atomic mass is 19.4. The Morgan fingerprint density at radius 1 is 1.27 bits per heavy atom. The molecule has 1 rings (SSSR count). The number of rotatable bonds is 6. The van der Waals surface area contributed by atoms with Crippen LogP contribution in [0.2, 0.25) is 0 Å². The minimum atomic E-state index is -5.01. The summed E-state index contributed by atoms with van der Waals surface area (Å²) in [5.41, 5.74) is -0.622. The van der Waals surface area contributed by atoms with Gasteiger partial charge in [0.05, 0.1) is 6.10 Å². The maximum absolute atomic E-state index is 12.4. The predicted molar refractivity (Wildman–Crippen MR) is 71.1 cm³/mol. The highest BCUT2D eigenvalue weighted by Crippen LogP contribution is 2.25. The molecule has 0 fully saturated rings. The van der Waals surface area contributed by atoms with Crippen molar-refractivity contribution in [2.75, 3.05) is 6.54 Å². The number of hydrogen-bond acceptors (Lipinski definition) is 4. The van der Waals surface area contributed by atoms with Crippen molar-refractivity contribution in [2.45, 2.75) is 31.7 Å². The van der Waals surface area contributed by atoms with Gasteiger partial charge in [-0.05, 0) is 18.1 Å². The lowest BCUT2D eigenvalue weighted by molar-refractivity contribution is -0.119. The summed E-state index contributed by atoms with van der Waals surface area (Å²) in [4.78, 5) is 21.8. The first-order valence-corrected chi connectivity index (χ1v) is 6.45. The van der Waals surface area contributed by atoms with Gasteiger partial charge in [-0.25, -0.2) is 0 Å². The van der Waals surface area contributed by atoms with Crippen molar-refractivity contribution in [3.8, 4) is 0 Å². The summed E-state index contributed by atoms with van der Waals surface area (Å²) in [5, 5.41) is 22.1. The number of carbonyl (C=O) groups is 2. The van der Waals surface area contributed by atoms with Crippen LogP contribution in [0.15, 0.2) is 24.3 Å². The Bertz CT molecular complexity index is 545. The largest absolute Gasteiger partial charge is 0.454 e. The second-order valence-electron chi connectivity index (χ2n) is 4.74. The number of ketones is 1. The Labute approximate surface area is 124 Å². The van der Waals surface area contributed by atoms with Gasteiger partial charge in [-0.15, -0.1) is 0 Å². The van der Waals surface area contributed by atoms with Gasteiger partial charge < -0.3 is 15.5 Å². The lowest BCUT2D eigenvalue weighted by Crippen LogP contribution is -2.28. The molecule has 0 bridgehead atoms. The predicted octanol–water partition coefficient (Wildman–Crippen LogP) is 1.35. The summed E-state index contributed by atoms with van der Waals surface area (Å²) in [5.74, 6) is -2.33. The first kappa shape index (κ1) is 18.1. The van der Waals surface area contributed by atoms with Crippen molar-refractivity contribution in [2.24, 2.45) is 0 Å². The highest BCUT2D eigenvalue weighted by Gasteiger charge is 2.39. The molecule has 0 saturated carbocycles. The van der Waals surface area contributed by atoms with Crippen LogP contribution < -0.4 is 5.32 Å². The summed E-state index contributed by atoms with van der Waals surface area (Å²) < 4.78 is 37.1. The Morgan fingerprint density at radius 3 is 2.45 bits per heavy atom. The molecular formula is C14H16F3NO4. The van der Waals surface area contributed by atoms with Crippen LogP contribution in [0.4, 0.5) is 13.2 Å². The number of hydrogen-bond donors (Lipinski definition) is 3. The average molecular weight is 319 g/mol. The molecule has 0 heterocycles. The van der Waals surface area contributed by atoms with Crippen molar-refractivity contribution >= 4 is 11.7 Å².